The van der Waals surface area contributed by atoms with Crippen LogP contribution in [0.2, 0.25) is 0 Å². The number of halogens is 1. The summed E-state index contributed by atoms with van der Waals surface area (Å²) in [6.07, 6.45) is 0.135. The lowest BCUT2D eigenvalue weighted by molar-refractivity contribution is -0.128. The molecule has 0 atom stereocenters. The average molecular weight is 349 g/mol. The first-order valence-electron chi connectivity index (χ1n) is 5.70. The quantitative estimate of drug-likeness (QED) is 0.876. The van der Waals surface area contributed by atoms with Crippen molar-refractivity contribution in [3.63, 3.8) is 0 Å². The van der Waals surface area contributed by atoms with Crippen LogP contribution in [0.3, 0.4) is 0 Å². The van der Waals surface area contributed by atoms with Crippen LogP contribution in [0.15, 0.2) is 27.6 Å². The van der Waals surface area contributed by atoms with E-state index in [1.54, 1.807) is 26.2 Å². The Hall–Kier alpha value is -0.920. The summed E-state index contributed by atoms with van der Waals surface area (Å²) >= 11 is 3.23. The van der Waals surface area contributed by atoms with Crippen LogP contribution in [-0.4, -0.2) is 39.9 Å². The van der Waals surface area contributed by atoms with Gasteiger partial charge in [0.1, 0.15) is 0 Å². The normalized spacial score (nSPS) is 11.4. The van der Waals surface area contributed by atoms with E-state index >= 15 is 0 Å². The predicted octanol–water partition coefficient (Wildman–Crippen LogP) is 1.51. The summed E-state index contributed by atoms with van der Waals surface area (Å²) in [5.74, 6) is -0.120. The Kier molecular flexibility index (Phi) is 5.51. The van der Waals surface area contributed by atoms with Crippen molar-refractivity contribution in [1.29, 1.82) is 0 Å². The predicted molar refractivity (Wildman–Crippen MR) is 77.4 cm³/mol. The van der Waals surface area contributed by atoms with Gasteiger partial charge in [0.2, 0.25) is 15.9 Å². The van der Waals surface area contributed by atoms with Crippen molar-refractivity contribution in [2.45, 2.75) is 18.2 Å². The zero-order valence-corrected chi connectivity index (χ0v) is 13.5. The van der Waals surface area contributed by atoms with Crippen LogP contribution in [0.25, 0.3) is 0 Å². The van der Waals surface area contributed by atoms with Crippen LogP contribution in [0.5, 0.6) is 0 Å². The van der Waals surface area contributed by atoms with Gasteiger partial charge in [0.05, 0.1) is 4.90 Å². The van der Waals surface area contributed by atoms with Gasteiger partial charge in [-0.05, 0) is 40.5 Å². The monoisotopic (exact) mass is 348 g/mol. The van der Waals surface area contributed by atoms with Gasteiger partial charge in [-0.1, -0.05) is 6.07 Å². The number of sulfonamides is 1. The van der Waals surface area contributed by atoms with Crippen LogP contribution in [0.1, 0.15) is 12.0 Å². The second-order valence-corrected chi connectivity index (χ2v) is 6.96. The molecule has 0 aromatic heterocycles. The molecule has 1 N–H and O–H groups in total. The Balaban J connectivity index is 2.74. The number of carbonyl (C=O) groups is 1. The highest BCUT2D eigenvalue weighted by Gasteiger charge is 2.17. The molecule has 0 heterocycles. The van der Waals surface area contributed by atoms with E-state index in [1.807, 2.05) is 6.92 Å². The molecule has 106 valence electrons. The Bertz CT molecular complexity index is 570. The van der Waals surface area contributed by atoms with E-state index in [4.69, 9.17) is 0 Å². The van der Waals surface area contributed by atoms with Gasteiger partial charge in [-0.15, -0.1) is 0 Å². The highest BCUT2D eigenvalue weighted by atomic mass is 79.9. The first-order valence-corrected chi connectivity index (χ1v) is 7.97. The fourth-order valence-corrected chi connectivity index (χ4v) is 3.64. The van der Waals surface area contributed by atoms with Crippen LogP contribution in [0, 0.1) is 6.92 Å². The number of aryl methyl sites for hydroxylation is 1. The first kappa shape index (κ1) is 16.1. The number of rotatable bonds is 5. The van der Waals surface area contributed by atoms with Crippen LogP contribution in [0.4, 0.5) is 0 Å². The maximum atomic E-state index is 12.0. The maximum absolute atomic E-state index is 12.0. The highest BCUT2D eigenvalue weighted by Crippen LogP contribution is 2.22. The number of amides is 1. The molecule has 0 unspecified atom stereocenters. The van der Waals surface area contributed by atoms with Crippen molar-refractivity contribution in [3.05, 3.63) is 28.2 Å². The van der Waals surface area contributed by atoms with E-state index in [2.05, 4.69) is 20.7 Å². The van der Waals surface area contributed by atoms with Crippen molar-refractivity contribution in [1.82, 2.24) is 9.62 Å². The molecule has 0 saturated carbocycles. The molecule has 0 aliphatic rings. The van der Waals surface area contributed by atoms with E-state index < -0.39 is 10.0 Å². The second kappa shape index (κ2) is 6.49. The summed E-state index contributed by atoms with van der Waals surface area (Å²) in [5.41, 5.74) is 0.966. The summed E-state index contributed by atoms with van der Waals surface area (Å²) in [6.45, 7) is 1.96. The molecule has 0 radical (unpaired) electrons. The molecule has 5 nitrogen and oxygen atoms in total. The zero-order chi connectivity index (χ0) is 14.6. The van der Waals surface area contributed by atoms with Gasteiger partial charge in [0.15, 0.2) is 0 Å². The molecule has 0 fully saturated rings. The minimum Gasteiger partial charge on any atom is -0.349 e. The van der Waals surface area contributed by atoms with Crippen molar-refractivity contribution < 1.29 is 13.2 Å². The number of carbonyl (C=O) groups excluding carboxylic acids is 1. The topological polar surface area (TPSA) is 66.5 Å². The minimum absolute atomic E-state index is 0.0830. The van der Waals surface area contributed by atoms with Crippen LogP contribution in [-0.2, 0) is 14.8 Å². The lowest BCUT2D eigenvalue weighted by Crippen LogP contribution is -2.30. The molecule has 1 aromatic carbocycles. The number of hydrogen-bond acceptors (Lipinski definition) is 3. The van der Waals surface area contributed by atoms with Crippen LogP contribution >= 0.6 is 15.9 Å². The first-order chi connectivity index (χ1) is 8.74. The number of nitrogens with zero attached hydrogens (tertiary/aromatic N) is 1. The van der Waals surface area contributed by atoms with E-state index in [0.717, 1.165) is 5.56 Å². The number of nitrogens with one attached hydrogen (secondary N) is 1. The molecule has 1 rings (SSSR count). The van der Waals surface area contributed by atoms with Crippen molar-refractivity contribution >= 4 is 31.9 Å². The third kappa shape index (κ3) is 4.59. The maximum Gasteiger partial charge on any atom is 0.241 e. The van der Waals surface area contributed by atoms with Crippen molar-refractivity contribution in [3.8, 4) is 0 Å². The zero-order valence-electron chi connectivity index (χ0n) is 11.1. The van der Waals surface area contributed by atoms with Gasteiger partial charge < -0.3 is 4.90 Å². The Morgan fingerprint density at radius 2 is 2.00 bits per heavy atom. The summed E-state index contributed by atoms with van der Waals surface area (Å²) in [5, 5.41) is 0. The lowest BCUT2D eigenvalue weighted by atomic mass is 10.2. The van der Waals surface area contributed by atoms with Gasteiger partial charge in [-0.25, -0.2) is 13.1 Å². The molecule has 0 spiro atoms. The Morgan fingerprint density at radius 3 is 2.53 bits per heavy atom. The van der Waals surface area contributed by atoms with Crippen molar-refractivity contribution in [2.75, 3.05) is 20.6 Å². The summed E-state index contributed by atoms with van der Waals surface area (Å²) in [4.78, 5) is 13.0. The fraction of sp³-hybridized carbons (Fsp3) is 0.417. The summed E-state index contributed by atoms with van der Waals surface area (Å²) in [7, 11) is -0.332. The van der Waals surface area contributed by atoms with E-state index in [1.165, 1.54) is 11.0 Å². The van der Waals surface area contributed by atoms with Crippen LogP contribution < -0.4 is 4.72 Å². The molecule has 1 aromatic rings. The molecule has 7 heteroatoms. The molecule has 0 aliphatic heterocycles. The third-order valence-corrected chi connectivity index (χ3v) is 4.94. The molecule has 19 heavy (non-hydrogen) atoms. The average Bonchev–Trinajstić information content (AvgIpc) is 2.27. The number of benzene rings is 1. The highest BCUT2D eigenvalue weighted by molar-refractivity contribution is 9.10. The second-order valence-electron chi connectivity index (χ2n) is 4.37. The lowest BCUT2D eigenvalue weighted by Gasteiger charge is -2.11. The molecular weight excluding hydrogens is 332 g/mol. The fourth-order valence-electron chi connectivity index (χ4n) is 1.42. The molecule has 1 amide bonds. The standard InChI is InChI=1S/C12H17BrN2O3S/c1-9-4-5-11(10(13)8-9)19(17,18)14-7-6-12(16)15(2)3/h4-5,8,14H,6-7H2,1-3H3. The molecule has 0 bridgehead atoms. The number of hydrogen-bond donors (Lipinski definition) is 1. The van der Waals surface area contributed by atoms with E-state index in [0.29, 0.717) is 4.47 Å². The van der Waals surface area contributed by atoms with Gasteiger partial charge >= 0.3 is 0 Å². The summed E-state index contributed by atoms with van der Waals surface area (Å²) < 4.78 is 27.0. The van der Waals surface area contributed by atoms with Gasteiger partial charge in [0, 0.05) is 31.5 Å². The van der Waals surface area contributed by atoms with Gasteiger partial charge in [-0.3, -0.25) is 4.79 Å². The minimum atomic E-state index is -3.60. The van der Waals surface area contributed by atoms with Gasteiger partial charge in [-0.2, -0.15) is 0 Å². The molecular formula is C12H17BrN2O3S. The third-order valence-electron chi connectivity index (χ3n) is 2.51. The van der Waals surface area contributed by atoms with E-state index in [-0.39, 0.29) is 23.8 Å². The Morgan fingerprint density at radius 1 is 1.37 bits per heavy atom. The largest absolute Gasteiger partial charge is 0.349 e. The summed E-state index contributed by atoms with van der Waals surface area (Å²) in [6, 6.07) is 5.00. The van der Waals surface area contributed by atoms with Gasteiger partial charge in [0.25, 0.3) is 0 Å². The molecule has 0 saturated heterocycles. The Labute approximate surface area is 122 Å². The smallest absolute Gasteiger partial charge is 0.241 e. The van der Waals surface area contributed by atoms with E-state index in [9.17, 15) is 13.2 Å². The SMILES string of the molecule is Cc1ccc(S(=O)(=O)NCCC(=O)N(C)C)c(Br)c1. The molecule has 0 aliphatic carbocycles. The van der Waals surface area contributed by atoms with Crippen molar-refractivity contribution in [2.24, 2.45) is 0 Å².